The zero-order valence-electron chi connectivity index (χ0n) is 18.4. The minimum Gasteiger partial charge on any atom is -0.465 e. The predicted molar refractivity (Wildman–Crippen MR) is 131 cm³/mol. The second-order valence-corrected chi connectivity index (χ2v) is 9.45. The van der Waals surface area contributed by atoms with Crippen molar-refractivity contribution in [1.82, 2.24) is 9.55 Å². The van der Waals surface area contributed by atoms with E-state index in [1.807, 2.05) is 0 Å². The van der Waals surface area contributed by atoms with Gasteiger partial charge in [0, 0.05) is 11.6 Å². The van der Waals surface area contributed by atoms with Crippen LogP contribution in [-0.4, -0.2) is 58.0 Å². The molecule has 0 fully saturated rings. The van der Waals surface area contributed by atoms with Crippen LogP contribution in [0.5, 0.6) is 0 Å². The molecule has 0 aliphatic carbocycles. The second-order valence-electron chi connectivity index (χ2n) is 6.56. The van der Waals surface area contributed by atoms with Crippen LogP contribution in [0.3, 0.4) is 0 Å². The van der Waals surface area contributed by atoms with Crippen LogP contribution in [0.2, 0.25) is 0 Å². The molecule has 0 saturated carbocycles. The van der Waals surface area contributed by atoms with E-state index in [0.717, 1.165) is 11.8 Å². The Kier molecular flexibility index (Phi) is 9.36. The SMILES string of the molecule is CCOC(=O)Cn1c(=NC(=O)CSCC(=O)Nc2nccs2)sc2cc(C(=O)OCC)ccc21. The molecule has 0 radical (unpaired) electrons. The molecular weight excluding hydrogens is 500 g/mol. The van der Waals surface area contributed by atoms with Gasteiger partial charge in [-0.3, -0.25) is 14.4 Å². The Balaban J connectivity index is 1.78. The first kappa shape index (κ1) is 25.6. The van der Waals surface area contributed by atoms with Crippen LogP contribution >= 0.6 is 34.4 Å². The summed E-state index contributed by atoms with van der Waals surface area (Å²) in [6, 6.07) is 4.91. The van der Waals surface area contributed by atoms with E-state index in [1.165, 1.54) is 22.7 Å². The molecule has 2 aromatic heterocycles. The lowest BCUT2D eigenvalue weighted by Gasteiger charge is -2.06. The van der Waals surface area contributed by atoms with Crippen molar-refractivity contribution in [2.45, 2.75) is 20.4 Å². The number of hydrogen-bond donors (Lipinski definition) is 1. The first-order chi connectivity index (χ1) is 16.4. The summed E-state index contributed by atoms with van der Waals surface area (Å²) in [5.41, 5.74) is 0.992. The highest BCUT2D eigenvalue weighted by Gasteiger charge is 2.15. The number of anilines is 1. The molecular formula is C21H22N4O6S3. The number of esters is 2. The third-order valence-electron chi connectivity index (χ3n) is 4.14. The summed E-state index contributed by atoms with van der Waals surface area (Å²) in [5, 5.41) is 4.89. The lowest BCUT2D eigenvalue weighted by molar-refractivity contribution is -0.143. The van der Waals surface area contributed by atoms with E-state index in [2.05, 4.69) is 15.3 Å². The summed E-state index contributed by atoms with van der Waals surface area (Å²) in [6.07, 6.45) is 1.59. The van der Waals surface area contributed by atoms with Gasteiger partial charge in [0.2, 0.25) is 5.91 Å². The molecule has 0 aliphatic heterocycles. The van der Waals surface area contributed by atoms with E-state index in [1.54, 1.807) is 48.2 Å². The van der Waals surface area contributed by atoms with E-state index in [-0.39, 0.29) is 37.2 Å². The monoisotopic (exact) mass is 522 g/mol. The molecule has 10 nitrogen and oxygen atoms in total. The molecule has 0 spiro atoms. The first-order valence-electron chi connectivity index (χ1n) is 10.2. The first-order valence-corrected chi connectivity index (χ1v) is 13.1. The van der Waals surface area contributed by atoms with E-state index in [4.69, 9.17) is 9.47 Å². The number of thiazole rings is 2. The number of rotatable bonds is 10. The van der Waals surface area contributed by atoms with Crippen LogP contribution in [0.15, 0.2) is 34.8 Å². The van der Waals surface area contributed by atoms with E-state index >= 15 is 0 Å². The summed E-state index contributed by atoms with van der Waals surface area (Å²) in [4.78, 5) is 57.1. The fourth-order valence-corrected chi connectivity index (χ4v) is 5.03. The Morgan fingerprint density at radius 3 is 2.65 bits per heavy atom. The van der Waals surface area contributed by atoms with Gasteiger partial charge >= 0.3 is 11.9 Å². The number of thioether (sulfide) groups is 1. The summed E-state index contributed by atoms with van der Waals surface area (Å²) >= 11 is 3.59. The van der Waals surface area contributed by atoms with Gasteiger partial charge in [0.05, 0.1) is 40.5 Å². The second kappa shape index (κ2) is 12.4. The number of nitrogens with one attached hydrogen (secondary N) is 1. The Bertz CT molecular complexity index is 1250. The highest BCUT2D eigenvalue weighted by atomic mass is 32.2. The quantitative estimate of drug-likeness (QED) is 0.403. The summed E-state index contributed by atoms with van der Waals surface area (Å²) in [5.74, 6) is -1.61. The van der Waals surface area contributed by atoms with Crippen LogP contribution in [0.25, 0.3) is 10.2 Å². The van der Waals surface area contributed by atoms with Gasteiger partial charge in [-0.2, -0.15) is 4.99 Å². The molecule has 1 aromatic carbocycles. The molecule has 2 heterocycles. The van der Waals surface area contributed by atoms with Crippen molar-refractivity contribution >= 4 is 73.5 Å². The molecule has 2 amide bonds. The summed E-state index contributed by atoms with van der Waals surface area (Å²) in [7, 11) is 0. The van der Waals surface area contributed by atoms with Crippen LogP contribution in [0.4, 0.5) is 5.13 Å². The standard InChI is InChI=1S/C21H22N4O6S3/c1-3-30-18(28)10-25-14-6-5-13(19(29)31-4-2)9-15(14)34-21(25)24-17(27)12-32-11-16(26)23-20-22-7-8-33-20/h5-9H,3-4,10-12H2,1-2H3,(H,22,23,26). The van der Waals surface area contributed by atoms with Crippen molar-refractivity contribution in [1.29, 1.82) is 0 Å². The molecule has 34 heavy (non-hydrogen) atoms. The van der Waals surface area contributed by atoms with Gasteiger partial charge in [0.25, 0.3) is 5.91 Å². The molecule has 180 valence electrons. The zero-order valence-corrected chi connectivity index (χ0v) is 20.9. The van der Waals surface area contributed by atoms with E-state index in [9.17, 15) is 19.2 Å². The van der Waals surface area contributed by atoms with Crippen LogP contribution in [0, 0.1) is 0 Å². The maximum Gasteiger partial charge on any atom is 0.338 e. The van der Waals surface area contributed by atoms with Crippen molar-refractivity contribution in [3.8, 4) is 0 Å². The molecule has 0 atom stereocenters. The smallest absolute Gasteiger partial charge is 0.338 e. The Morgan fingerprint density at radius 2 is 1.94 bits per heavy atom. The van der Waals surface area contributed by atoms with Crippen LogP contribution in [0.1, 0.15) is 24.2 Å². The number of benzene rings is 1. The Labute approximate surface area is 207 Å². The number of ether oxygens (including phenoxy) is 2. The lowest BCUT2D eigenvalue weighted by atomic mass is 10.2. The van der Waals surface area contributed by atoms with Gasteiger partial charge in [-0.25, -0.2) is 9.78 Å². The molecule has 0 unspecified atom stereocenters. The highest BCUT2D eigenvalue weighted by Crippen LogP contribution is 2.20. The normalized spacial score (nSPS) is 11.4. The Morgan fingerprint density at radius 1 is 1.15 bits per heavy atom. The minimum absolute atomic E-state index is 0.0208. The summed E-state index contributed by atoms with van der Waals surface area (Å²) in [6.45, 7) is 3.76. The van der Waals surface area contributed by atoms with Gasteiger partial charge < -0.3 is 19.4 Å². The fourth-order valence-electron chi connectivity index (χ4n) is 2.80. The van der Waals surface area contributed by atoms with Gasteiger partial charge in [0.1, 0.15) is 6.54 Å². The van der Waals surface area contributed by atoms with Crippen molar-refractivity contribution in [3.63, 3.8) is 0 Å². The Hall–Kier alpha value is -3.03. The molecule has 13 heteroatoms. The molecule has 3 rings (SSSR count). The number of carbonyl (C=O) groups excluding carboxylic acids is 4. The van der Waals surface area contributed by atoms with E-state index in [0.29, 0.717) is 25.7 Å². The van der Waals surface area contributed by atoms with Crippen molar-refractivity contribution < 1.29 is 28.7 Å². The predicted octanol–water partition coefficient (Wildman–Crippen LogP) is 2.70. The number of aromatic nitrogens is 2. The topological polar surface area (TPSA) is 129 Å². The molecule has 0 bridgehead atoms. The number of hydrogen-bond acceptors (Lipinski definition) is 10. The molecule has 0 saturated heterocycles. The fraction of sp³-hybridized carbons (Fsp3) is 0.333. The molecule has 1 N–H and O–H groups in total. The van der Waals surface area contributed by atoms with Gasteiger partial charge in [-0.1, -0.05) is 11.3 Å². The minimum atomic E-state index is -0.473. The van der Waals surface area contributed by atoms with Gasteiger partial charge in [0.15, 0.2) is 9.93 Å². The van der Waals surface area contributed by atoms with Crippen LogP contribution in [-0.2, 0) is 30.4 Å². The number of carbonyl (C=O) groups is 4. The average Bonchev–Trinajstić information content (AvgIpc) is 3.41. The zero-order chi connectivity index (χ0) is 24.5. The number of amides is 2. The van der Waals surface area contributed by atoms with Crippen molar-refractivity contribution in [3.05, 3.63) is 40.1 Å². The third-order valence-corrected chi connectivity index (χ3v) is 6.79. The highest BCUT2D eigenvalue weighted by molar-refractivity contribution is 8.00. The third kappa shape index (κ3) is 6.98. The van der Waals surface area contributed by atoms with Crippen molar-refractivity contribution in [2.24, 2.45) is 4.99 Å². The molecule has 0 aliphatic rings. The number of nitrogens with zero attached hydrogens (tertiary/aromatic N) is 3. The maximum absolute atomic E-state index is 12.5. The van der Waals surface area contributed by atoms with Crippen LogP contribution < -0.4 is 10.1 Å². The lowest BCUT2D eigenvalue weighted by Crippen LogP contribution is -2.23. The van der Waals surface area contributed by atoms with Gasteiger partial charge in [-0.15, -0.1) is 23.1 Å². The molecule has 3 aromatic rings. The largest absolute Gasteiger partial charge is 0.465 e. The van der Waals surface area contributed by atoms with E-state index < -0.39 is 17.8 Å². The van der Waals surface area contributed by atoms with Gasteiger partial charge in [-0.05, 0) is 32.0 Å². The summed E-state index contributed by atoms with van der Waals surface area (Å²) < 4.78 is 12.3. The number of fused-ring (bicyclic) bond motifs is 1. The maximum atomic E-state index is 12.5. The van der Waals surface area contributed by atoms with Crippen molar-refractivity contribution in [2.75, 3.05) is 30.0 Å². The average molecular weight is 523 g/mol.